The third-order valence-electron chi connectivity index (χ3n) is 1.56. The van der Waals surface area contributed by atoms with Gasteiger partial charge in [0.1, 0.15) is 5.82 Å². The highest BCUT2D eigenvalue weighted by Crippen LogP contribution is 2.03. The molecule has 3 heteroatoms. The quantitative estimate of drug-likeness (QED) is 0.635. The summed E-state index contributed by atoms with van der Waals surface area (Å²) in [6.07, 6.45) is 0.945. The van der Waals surface area contributed by atoms with Crippen LogP contribution in [0.3, 0.4) is 0 Å². The number of aryl methyl sites for hydroxylation is 2. The first-order chi connectivity index (χ1) is 4.77. The van der Waals surface area contributed by atoms with Gasteiger partial charge in [-0.2, -0.15) is 0 Å². The lowest BCUT2D eigenvalue weighted by atomic mass is 10.3. The van der Waals surface area contributed by atoms with Crippen LogP contribution in [0.5, 0.6) is 0 Å². The topological polar surface area (TPSA) is 54.7 Å². The highest BCUT2D eigenvalue weighted by Gasteiger charge is 2.01. The number of hydrogen-bond donors (Lipinski definition) is 2. The zero-order valence-electron chi connectivity index (χ0n) is 6.44. The molecule has 0 unspecified atom stereocenters. The van der Waals surface area contributed by atoms with Gasteiger partial charge in [-0.05, 0) is 6.92 Å². The molecule has 56 valence electrons. The maximum Gasteiger partial charge on any atom is 0.106 e. The van der Waals surface area contributed by atoms with Crippen LogP contribution in [0.1, 0.15) is 24.1 Å². The van der Waals surface area contributed by atoms with Gasteiger partial charge < -0.3 is 10.7 Å². The van der Waals surface area contributed by atoms with Gasteiger partial charge in [0.15, 0.2) is 0 Å². The summed E-state index contributed by atoms with van der Waals surface area (Å²) in [7, 11) is 0. The van der Waals surface area contributed by atoms with E-state index in [2.05, 4.69) is 16.9 Å². The van der Waals surface area contributed by atoms with E-state index in [0.717, 1.165) is 23.6 Å². The van der Waals surface area contributed by atoms with Crippen LogP contribution in [0, 0.1) is 6.92 Å². The van der Waals surface area contributed by atoms with Crippen molar-refractivity contribution in [3.63, 3.8) is 0 Å². The molecule has 0 radical (unpaired) electrons. The number of H-pyrrole nitrogens is 1. The van der Waals surface area contributed by atoms with Crippen LogP contribution in [0.15, 0.2) is 0 Å². The lowest BCUT2D eigenvalue weighted by molar-refractivity contribution is 0.949. The van der Waals surface area contributed by atoms with E-state index < -0.39 is 0 Å². The van der Waals surface area contributed by atoms with E-state index in [0.29, 0.717) is 6.54 Å². The van der Waals surface area contributed by atoms with Crippen molar-refractivity contribution in [2.24, 2.45) is 5.73 Å². The van der Waals surface area contributed by atoms with Gasteiger partial charge in [0.2, 0.25) is 0 Å². The summed E-state index contributed by atoms with van der Waals surface area (Å²) in [6.45, 7) is 4.59. The predicted octanol–water partition coefficient (Wildman–Crippen LogP) is 0.739. The minimum Gasteiger partial charge on any atom is -0.346 e. The van der Waals surface area contributed by atoms with Crippen LogP contribution >= 0.6 is 0 Å². The van der Waals surface area contributed by atoms with Crippen LogP contribution in [0.4, 0.5) is 0 Å². The SMILES string of the molecule is CCc1nc(CN)c(C)[nH]1. The average molecular weight is 139 g/mol. The summed E-state index contributed by atoms with van der Waals surface area (Å²) in [6, 6.07) is 0. The summed E-state index contributed by atoms with van der Waals surface area (Å²) in [4.78, 5) is 7.42. The van der Waals surface area contributed by atoms with Crippen LogP contribution in [0.25, 0.3) is 0 Å². The smallest absolute Gasteiger partial charge is 0.106 e. The van der Waals surface area contributed by atoms with Crippen LogP contribution in [-0.2, 0) is 13.0 Å². The highest BCUT2D eigenvalue weighted by molar-refractivity contribution is 5.12. The molecule has 0 aliphatic heterocycles. The first-order valence-electron chi connectivity index (χ1n) is 3.52. The molecule has 0 aliphatic rings. The molecular weight excluding hydrogens is 126 g/mol. The summed E-state index contributed by atoms with van der Waals surface area (Å²) in [5, 5.41) is 0. The lowest BCUT2D eigenvalue weighted by Gasteiger charge is -1.86. The van der Waals surface area contributed by atoms with E-state index in [1.54, 1.807) is 0 Å². The molecule has 10 heavy (non-hydrogen) atoms. The van der Waals surface area contributed by atoms with Gasteiger partial charge in [-0.25, -0.2) is 4.98 Å². The average Bonchev–Trinajstić information content (AvgIpc) is 2.30. The molecule has 0 bridgehead atoms. The Kier molecular flexibility index (Phi) is 2.06. The van der Waals surface area contributed by atoms with Gasteiger partial charge in [0.25, 0.3) is 0 Å². The van der Waals surface area contributed by atoms with Crippen molar-refractivity contribution in [3.8, 4) is 0 Å². The molecule has 0 atom stereocenters. The van der Waals surface area contributed by atoms with Crippen LogP contribution in [-0.4, -0.2) is 9.97 Å². The van der Waals surface area contributed by atoms with Crippen LogP contribution < -0.4 is 5.73 Å². The fourth-order valence-corrected chi connectivity index (χ4v) is 0.929. The van der Waals surface area contributed by atoms with E-state index in [4.69, 9.17) is 5.73 Å². The van der Waals surface area contributed by atoms with Crippen molar-refractivity contribution >= 4 is 0 Å². The lowest BCUT2D eigenvalue weighted by Crippen LogP contribution is -1.98. The predicted molar refractivity (Wildman–Crippen MR) is 40.6 cm³/mol. The molecule has 3 nitrogen and oxygen atoms in total. The summed E-state index contributed by atoms with van der Waals surface area (Å²) < 4.78 is 0. The Bertz CT molecular complexity index is 215. The molecule has 0 saturated heterocycles. The maximum atomic E-state index is 5.44. The molecule has 1 aromatic heterocycles. The molecule has 1 aromatic rings. The zero-order valence-corrected chi connectivity index (χ0v) is 6.44. The Morgan fingerprint density at radius 3 is 2.60 bits per heavy atom. The van der Waals surface area contributed by atoms with Crippen molar-refractivity contribution < 1.29 is 0 Å². The normalized spacial score (nSPS) is 10.3. The molecule has 1 rings (SSSR count). The van der Waals surface area contributed by atoms with Crippen molar-refractivity contribution in [2.75, 3.05) is 0 Å². The first-order valence-corrected chi connectivity index (χ1v) is 3.52. The van der Waals surface area contributed by atoms with Crippen molar-refractivity contribution in [1.82, 2.24) is 9.97 Å². The molecule has 0 fully saturated rings. The monoisotopic (exact) mass is 139 g/mol. The molecule has 0 aliphatic carbocycles. The Hall–Kier alpha value is -0.830. The van der Waals surface area contributed by atoms with Gasteiger partial charge in [-0.1, -0.05) is 6.92 Å². The second kappa shape index (κ2) is 2.84. The largest absolute Gasteiger partial charge is 0.346 e. The summed E-state index contributed by atoms with van der Waals surface area (Å²) >= 11 is 0. The third-order valence-corrected chi connectivity index (χ3v) is 1.56. The van der Waals surface area contributed by atoms with E-state index in [9.17, 15) is 0 Å². The first kappa shape index (κ1) is 7.28. The number of rotatable bonds is 2. The van der Waals surface area contributed by atoms with Crippen LogP contribution in [0.2, 0.25) is 0 Å². The second-order valence-electron chi connectivity index (χ2n) is 2.31. The fourth-order valence-electron chi connectivity index (χ4n) is 0.929. The number of nitrogens with one attached hydrogen (secondary N) is 1. The Morgan fingerprint density at radius 1 is 1.60 bits per heavy atom. The van der Waals surface area contributed by atoms with E-state index in [1.807, 2.05) is 6.92 Å². The highest BCUT2D eigenvalue weighted by atomic mass is 14.9. The summed E-state index contributed by atoms with van der Waals surface area (Å²) in [5.41, 5.74) is 7.52. The maximum absolute atomic E-state index is 5.44. The second-order valence-corrected chi connectivity index (χ2v) is 2.31. The molecule has 1 heterocycles. The van der Waals surface area contributed by atoms with E-state index in [-0.39, 0.29) is 0 Å². The number of nitrogens with zero attached hydrogens (tertiary/aromatic N) is 1. The zero-order chi connectivity index (χ0) is 7.56. The van der Waals surface area contributed by atoms with E-state index >= 15 is 0 Å². The number of hydrogen-bond acceptors (Lipinski definition) is 2. The van der Waals surface area contributed by atoms with Gasteiger partial charge >= 0.3 is 0 Å². The minimum absolute atomic E-state index is 0.530. The van der Waals surface area contributed by atoms with Gasteiger partial charge in [0, 0.05) is 18.7 Å². The number of aromatic amines is 1. The Morgan fingerprint density at radius 2 is 2.30 bits per heavy atom. The van der Waals surface area contributed by atoms with E-state index in [1.165, 1.54) is 0 Å². The standard InChI is InChI=1S/C7H13N3/c1-3-7-9-5(2)6(4-8)10-7/h3-4,8H2,1-2H3,(H,9,10). The van der Waals surface area contributed by atoms with Crippen molar-refractivity contribution in [2.45, 2.75) is 26.8 Å². The fraction of sp³-hybridized carbons (Fsp3) is 0.571. The van der Waals surface area contributed by atoms with Gasteiger partial charge in [-0.3, -0.25) is 0 Å². The molecule has 0 amide bonds. The molecular formula is C7H13N3. The molecule has 3 N–H and O–H groups in total. The van der Waals surface area contributed by atoms with Gasteiger partial charge in [0.05, 0.1) is 5.69 Å². The molecule has 0 aromatic carbocycles. The Labute approximate surface area is 60.7 Å². The number of imidazole rings is 1. The van der Waals surface area contributed by atoms with Crippen molar-refractivity contribution in [1.29, 1.82) is 0 Å². The minimum atomic E-state index is 0.530. The number of nitrogens with two attached hydrogens (primary N) is 1. The molecule has 0 spiro atoms. The number of aromatic nitrogens is 2. The third kappa shape index (κ3) is 1.19. The van der Waals surface area contributed by atoms with Crippen molar-refractivity contribution in [3.05, 3.63) is 17.2 Å². The van der Waals surface area contributed by atoms with Gasteiger partial charge in [-0.15, -0.1) is 0 Å². The summed E-state index contributed by atoms with van der Waals surface area (Å²) in [5.74, 6) is 1.03. The molecule has 0 saturated carbocycles. The Balaban J connectivity index is 2.92.